The van der Waals surface area contributed by atoms with E-state index in [1.165, 1.54) is 0 Å². The van der Waals surface area contributed by atoms with Gasteiger partial charge in [0, 0.05) is 0 Å². The quantitative estimate of drug-likeness (QED) is 0.238. The first-order chi connectivity index (χ1) is 11.8. The lowest BCUT2D eigenvalue weighted by molar-refractivity contribution is -0.154. The van der Waals surface area contributed by atoms with Gasteiger partial charge in [-0.05, 0) is 5.92 Å². The molecule has 11 heteroatoms. The molecule has 4 unspecified atom stereocenters. The molecule has 5 atom stereocenters. The van der Waals surface area contributed by atoms with Gasteiger partial charge in [-0.1, -0.05) is 13.8 Å². The van der Waals surface area contributed by atoms with Crippen LogP contribution in [-0.2, 0) is 19.1 Å². The Labute approximate surface area is 146 Å². The van der Waals surface area contributed by atoms with Crippen LogP contribution in [0.25, 0.3) is 0 Å². The van der Waals surface area contributed by atoms with Crippen molar-refractivity contribution in [2.75, 3.05) is 26.6 Å². The number of amides is 1. The molecule has 2 fully saturated rings. The van der Waals surface area contributed by atoms with E-state index in [2.05, 4.69) is 16.0 Å². The number of esters is 1. The summed E-state index contributed by atoms with van der Waals surface area (Å²) >= 11 is 0. The molecule has 2 saturated heterocycles. The molecule has 1 amide bonds. The lowest BCUT2D eigenvalue weighted by Crippen LogP contribution is -2.70. The van der Waals surface area contributed by atoms with Gasteiger partial charge in [-0.2, -0.15) is 0 Å². The summed E-state index contributed by atoms with van der Waals surface area (Å²) < 4.78 is 10.7. The molecule has 2 rings (SSSR count). The molecule has 8 N–H and O–H groups in total. The van der Waals surface area contributed by atoms with Gasteiger partial charge in [-0.15, -0.1) is 0 Å². The molecule has 0 saturated carbocycles. The first-order valence-corrected chi connectivity index (χ1v) is 8.27. The number of aliphatic hydroxyl groups excluding tert-OH is 1. The van der Waals surface area contributed by atoms with E-state index in [1.807, 2.05) is 18.7 Å². The zero-order valence-corrected chi connectivity index (χ0v) is 14.5. The lowest BCUT2D eigenvalue weighted by atomic mass is 10.1. The Kier molecular flexibility index (Phi) is 7.07. The molecule has 0 bridgehead atoms. The normalized spacial score (nSPS) is 29.2. The van der Waals surface area contributed by atoms with Gasteiger partial charge in [0.25, 0.3) is 0 Å². The number of nitrogens with two attached hydrogens (primary N) is 2. The second-order valence-electron chi connectivity index (χ2n) is 6.53. The first kappa shape index (κ1) is 20.0. The number of carbonyl (C=O) groups is 2. The Morgan fingerprint density at radius 3 is 2.84 bits per heavy atom. The van der Waals surface area contributed by atoms with E-state index in [0.717, 1.165) is 0 Å². The second-order valence-corrected chi connectivity index (χ2v) is 6.53. The molecule has 11 nitrogen and oxygen atoms in total. The number of ether oxygens (including phenoxy) is 2. The maximum Gasteiger partial charge on any atom is 0.323 e. The highest BCUT2D eigenvalue weighted by Crippen LogP contribution is 2.13. The van der Waals surface area contributed by atoms with Crippen LogP contribution in [-0.4, -0.2) is 79.1 Å². The number of fused-ring (bicyclic) bond motifs is 1. The fourth-order valence-electron chi connectivity index (χ4n) is 2.57. The van der Waals surface area contributed by atoms with Gasteiger partial charge in [0.15, 0.2) is 0 Å². The second kappa shape index (κ2) is 8.85. The molecule has 2 heterocycles. The predicted molar refractivity (Wildman–Crippen MR) is 87.3 cm³/mol. The molecule has 0 spiro atoms. The minimum atomic E-state index is -0.714. The van der Waals surface area contributed by atoms with Crippen LogP contribution in [0.5, 0.6) is 0 Å². The van der Waals surface area contributed by atoms with Gasteiger partial charge in [0.05, 0.1) is 19.4 Å². The lowest BCUT2D eigenvalue weighted by Gasteiger charge is -2.35. The summed E-state index contributed by atoms with van der Waals surface area (Å²) in [5.41, 5.74) is 11.4. The zero-order valence-electron chi connectivity index (χ0n) is 14.5. The van der Waals surface area contributed by atoms with Crippen molar-refractivity contribution in [2.24, 2.45) is 17.4 Å². The van der Waals surface area contributed by atoms with Crippen LogP contribution in [0.4, 0.5) is 0 Å². The highest BCUT2D eigenvalue weighted by Gasteiger charge is 2.43. The summed E-state index contributed by atoms with van der Waals surface area (Å²) in [5.74, 6) is -0.757. The van der Waals surface area contributed by atoms with E-state index >= 15 is 0 Å². The molecule has 144 valence electrons. The number of aliphatic hydroxyl groups is 1. The number of hydrogen-bond acceptors (Lipinski definition) is 10. The smallest absolute Gasteiger partial charge is 0.323 e. The van der Waals surface area contributed by atoms with E-state index in [1.54, 1.807) is 0 Å². The van der Waals surface area contributed by atoms with Crippen LogP contribution in [0.1, 0.15) is 13.8 Å². The molecular weight excluding hydrogens is 332 g/mol. The third-order valence-electron chi connectivity index (χ3n) is 4.24. The highest BCUT2D eigenvalue weighted by atomic mass is 16.6. The molecule has 2 aliphatic rings. The molecule has 0 radical (unpaired) electrons. The highest BCUT2D eigenvalue weighted by molar-refractivity contribution is 5.83. The van der Waals surface area contributed by atoms with E-state index in [4.69, 9.17) is 20.9 Å². The van der Waals surface area contributed by atoms with E-state index < -0.39 is 30.4 Å². The first-order valence-electron chi connectivity index (χ1n) is 8.27. The average Bonchev–Trinajstić information content (AvgIpc) is 2.97. The zero-order chi connectivity index (χ0) is 18.6. The van der Waals surface area contributed by atoms with Crippen molar-refractivity contribution in [3.63, 3.8) is 0 Å². The largest absolute Gasteiger partial charge is 0.462 e. The van der Waals surface area contributed by atoms with Crippen molar-refractivity contribution < 1.29 is 24.2 Å². The number of carbonyl (C=O) groups excluding carboxylic acids is 2. The van der Waals surface area contributed by atoms with Crippen molar-refractivity contribution in [1.29, 1.82) is 0 Å². The van der Waals surface area contributed by atoms with Crippen molar-refractivity contribution in [3.8, 4) is 0 Å². The maximum atomic E-state index is 11.9. The van der Waals surface area contributed by atoms with Crippen LogP contribution < -0.4 is 27.4 Å². The van der Waals surface area contributed by atoms with Crippen molar-refractivity contribution in [2.45, 2.75) is 44.5 Å². The molecule has 25 heavy (non-hydrogen) atoms. The van der Waals surface area contributed by atoms with Gasteiger partial charge >= 0.3 is 5.97 Å². The molecule has 0 aliphatic carbocycles. The van der Waals surface area contributed by atoms with E-state index in [0.29, 0.717) is 6.67 Å². The van der Waals surface area contributed by atoms with Gasteiger partial charge in [-0.3, -0.25) is 30.9 Å². The van der Waals surface area contributed by atoms with Gasteiger partial charge in [0.2, 0.25) is 5.91 Å². The van der Waals surface area contributed by atoms with E-state index in [-0.39, 0.29) is 37.9 Å². The van der Waals surface area contributed by atoms with Crippen molar-refractivity contribution in [1.82, 2.24) is 20.9 Å². The standard InChI is InChI=1S/C14H28N6O5/c1-7(2)9(15)13(23)24-4-8(3-21)25-6-20-5-17-10-11(20)18-14(16)19-12(10)22/h7-11,14,17-18,21H,3-6,15-16H2,1-2H3,(H,19,22)/t8?,9-,10?,11?,14?/m0/s1. The third-order valence-corrected chi connectivity index (χ3v) is 4.24. The number of nitrogens with one attached hydrogen (secondary N) is 3. The number of hydrogen-bond donors (Lipinski definition) is 6. The minimum absolute atomic E-state index is 0.0404. The number of rotatable bonds is 8. The Hall–Kier alpha value is -1.34. The summed E-state index contributed by atoms with van der Waals surface area (Å²) in [6, 6.07) is -1.15. The van der Waals surface area contributed by atoms with Gasteiger partial charge < -0.3 is 25.6 Å². The van der Waals surface area contributed by atoms with Gasteiger partial charge in [-0.25, -0.2) is 0 Å². The Balaban J connectivity index is 1.79. The SMILES string of the molecule is CC(C)[C@H](N)C(=O)OCC(CO)OCN1CNC2C(=O)NC(N)NC21. The Morgan fingerprint density at radius 2 is 2.20 bits per heavy atom. The molecule has 0 aromatic carbocycles. The minimum Gasteiger partial charge on any atom is -0.462 e. The Morgan fingerprint density at radius 1 is 1.48 bits per heavy atom. The molecule has 0 aromatic rings. The third kappa shape index (κ3) is 5.07. The topological polar surface area (TPSA) is 164 Å². The van der Waals surface area contributed by atoms with Crippen LogP contribution in [0, 0.1) is 5.92 Å². The average molecular weight is 360 g/mol. The molecule has 0 aromatic heterocycles. The van der Waals surface area contributed by atoms with Crippen LogP contribution in [0.2, 0.25) is 0 Å². The molecular formula is C14H28N6O5. The summed E-state index contributed by atoms with van der Waals surface area (Å²) in [5, 5.41) is 18.1. The molecule has 2 aliphatic heterocycles. The predicted octanol–water partition coefficient (Wildman–Crippen LogP) is -3.63. The number of nitrogens with zero attached hydrogens (tertiary/aromatic N) is 1. The van der Waals surface area contributed by atoms with Crippen molar-refractivity contribution in [3.05, 3.63) is 0 Å². The summed E-state index contributed by atoms with van der Waals surface area (Å²) in [7, 11) is 0. The van der Waals surface area contributed by atoms with E-state index in [9.17, 15) is 14.7 Å². The summed E-state index contributed by atoms with van der Waals surface area (Å²) in [6.45, 7) is 3.77. The maximum absolute atomic E-state index is 11.9. The van der Waals surface area contributed by atoms with Gasteiger partial charge in [0.1, 0.15) is 37.8 Å². The van der Waals surface area contributed by atoms with Crippen molar-refractivity contribution >= 4 is 11.9 Å². The summed E-state index contributed by atoms with van der Waals surface area (Å²) in [6.07, 6.45) is -1.64. The monoisotopic (exact) mass is 360 g/mol. The summed E-state index contributed by atoms with van der Waals surface area (Å²) in [4.78, 5) is 25.4. The van der Waals surface area contributed by atoms with Crippen LogP contribution in [0.15, 0.2) is 0 Å². The van der Waals surface area contributed by atoms with Crippen LogP contribution >= 0.6 is 0 Å². The fraction of sp³-hybridized carbons (Fsp3) is 0.857. The Bertz CT molecular complexity index is 479. The van der Waals surface area contributed by atoms with Crippen LogP contribution in [0.3, 0.4) is 0 Å². The fourth-order valence-corrected chi connectivity index (χ4v) is 2.57.